The molecule has 1 aliphatic carbocycles. The molecule has 1 heterocycles. The smallest absolute Gasteiger partial charge is 0.410 e. The second-order valence-electron chi connectivity index (χ2n) is 8.18. The molecule has 0 N–H and O–H groups in total. The zero-order chi connectivity index (χ0) is 19.8. The van der Waals surface area contributed by atoms with E-state index in [2.05, 4.69) is 4.90 Å². The average molecular weight is 384 g/mol. The van der Waals surface area contributed by atoms with Crippen LogP contribution in [0.25, 0.3) is 0 Å². The van der Waals surface area contributed by atoms with Crippen LogP contribution in [0.15, 0.2) is 0 Å². The normalized spacial score (nSPS) is 19.4. The molecule has 2 aliphatic rings. The molecule has 27 heavy (non-hydrogen) atoms. The highest BCUT2D eigenvalue weighted by molar-refractivity contribution is 5.68. The molecule has 0 spiro atoms. The van der Waals surface area contributed by atoms with E-state index in [0.29, 0.717) is 25.7 Å². The van der Waals surface area contributed by atoms with Gasteiger partial charge in [0, 0.05) is 45.3 Å². The van der Waals surface area contributed by atoms with Gasteiger partial charge in [-0.25, -0.2) is 9.59 Å². The average Bonchev–Trinajstić information content (AvgIpc) is 2.62. The van der Waals surface area contributed by atoms with E-state index in [-0.39, 0.29) is 24.4 Å². The highest BCUT2D eigenvalue weighted by Gasteiger charge is 2.28. The summed E-state index contributed by atoms with van der Waals surface area (Å²) >= 11 is 0. The van der Waals surface area contributed by atoms with E-state index in [1.54, 1.807) is 4.90 Å². The lowest BCUT2D eigenvalue weighted by Gasteiger charge is -2.38. The predicted molar refractivity (Wildman–Crippen MR) is 105 cm³/mol. The van der Waals surface area contributed by atoms with Crippen LogP contribution in [0, 0.1) is 0 Å². The van der Waals surface area contributed by atoms with Crippen LogP contribution in [-0.4, -0.2) is 84.4 Å². The van der Waals surface area contributed by atoms with Crippen molar-refractivity contribution in [1.29, 1.82) is 0 Å². The van der Waals surface area contributed by atoms with Gasteiger partial charge in [-0.1, -0.05) is 19.3 Å². The van der Waals surface area contributed by atoms with Crippen molar-refractivity contribution in [3.63, 3.8) is 0 Å². The second kappa shape index (κ2) is 10.7. The molecular formula is C20H37N3O4. The Morgan fingerprint density at radius 1 is 0.926 bits per heavy atom. The van der Waals surface area contributed by atoms with Gasteiger partial charge < -0.3 is 19.3 Å². The lowest BCUT2D eigenvalue weighted by molar-refractivity contribution is 0.0423. The van der Waals surface area contributed by atoms with Gasteiger partial charge in [-0.15, -0.1) is 0 Å². The summed E-state index contributed by atoms with van der Waals surface area (Å²) in [4.78, 5) is 30.6. The monoisotopic (exact) mass is 383 g/mol. The maximum absolute atomic E-state index is 12.6. The molecule has 2 rings (SSSR count). The largest absolute Gasteiger partial charge is 0.447 e. The Labute approximate surface area is 163 Å². The van der Waals surface area contributed by atoms with Gasteiger partial charge in [0.1, 0.15) is 0 Å². The molecule has 0 aromatic rings. The molecule has 156 valence electrons. The molecule has 0 unspecified atom stereocenters. The van der Waals surface area contributed by atoms with E-state index in [4.69, 9.17) is 9.47 Å². The highest BCUT2D eigenvalue weighted by atomic mass is 16.6. The molecular weight excluding hydrogens is 346 g/mol. The lowest BCUT2D eigenvalue weighted by atomic mass is 9.94. The van der Waals surface area contributed by atoms with Crippen LogP contribution >= 0.6 is 0 Å². The summed E-state index contributed by atoms with van der Waals surface area (Å²) < 4.78 is 10.8. The minimum absolute atomic E-state index is 0.0912. The summed E-state index contributed by atoms with van der Waals surface area (Å²) in [6, 6.07) is 0.298. The van der Waals surface area contributed by atoms with Crippen molar-refractivity contribution >= 4 is 12.2 Å². The number of nitrogens with zero attached hydrogens (tertiary/aromatic N) is 3. The lowest BCUT2D eigenvalue weighted by Crippen LogP contribution is -2.52. The van der Waals surface area contributed by atoms with Gasteiger partial charge in [0.25, 0.3) is 0 Å². The van der Waals surface area contributed by atoms with Crippen molar-refractivity contribution in [2.75, 3.05) is 39.3 Å². The van der Waals surface area contributed by atoms with Crippen LogP contribution in [0.5, 0.6) is 0 Å². The van der Waals surface area contributed by atoms with Crippen molar-refractivity contribution < 1.29 is 19.1 Å². The van der Waals surface area contributed by atoms with Crippen LogP contribution in [0.4, 0.5) is 9.59 Å². The standard InChI is InChI=1S/C20H37N3O4/c1-16(2)26-19(24)22-13-10-21(11-14-22)12-15-23(20(25)27-17(3)4)18-8-6-5-7-9-18/h16-18H,5-15H2,1-4H3. The summed E-state index contributed by atoms with van der Waals surface area (Å²) in [5, 5.41) is 0. The third-order valence-corrected chi connectivity index (χ3v) is 5.21. The summed E-state index contributed by atoms with van der Waals surface area (Å²) in [5.41, 5.74) is 0. The van der Waals surface area contributed by atoms with Crippen molar-refractivity contribution in [2.24, 2.45) is 0 Å². The third kappa shape index (κ3) is 7.20. The van der Waals surface area contributed by atoms with Gasteiger partial charge in [-0.05, 0) is 40.5 Å². The Morgan fingerprint density at radius 2 is 1.52 bits per heavy atom. The first-order valence-electron chi connectivity index (χ1n) is 10.5. The Balaban J connectivity index is 1.82. The Kier molecular flexibility index (Phi) is 8.67. The molecule has 1 saturated heterocycles. The SMILES string of the molecule is CC(C)OC(=O)N1CCN(CCN(C(=O)OC(C)C)C2CCCCC2)CC1. The molecule has 1 saturated carbocycles. The second-order valence-corrected chi connectivity index (χ2v) is 8.18. The Bertz CT molecular complexity index is 470. The fourth-order valence-corrected chi connectivity index (χ4v) is 3.76. The van der Waals surface area contributed by atoms with Gasteiger partial charge in [0.15, 0.2) is 0 Å². The van der Waals surface area contributed by atoms with Gasteiger partial charge >= 0.3 is 12.2 Å². The van der Waals surface area contributed by atoms with Crippen LogP contribution < -0.4 is 0 Å². The number of ether oxygens (including phenoxy) is 2. The molecule has 1 aliphatic heterocycles. The number of hydrogen-bond acceptors (Lipinski definition) is 5. The quantitative estimate of drug-likeness (QED) is 0.704. The van der Waals surface area contributed by atoms with Crippen LogP contribution in [0.3, 0.4) is 0 Å². The molecule has 2 fully saturated rings. The molecule has 0 radical (unpaired) electrons. The van der Waals surface area contributed by atoms with Gasteiger partial charge in [-0.2, -0.15) is 0 Å². The van der Waals surface area contributed by atoms with Crippen molar-refractivity contribution in [1.82, 2.24) is 14.7 Å². The number of hydrogen-bond donors (Lipinski definition) is 0. The van der Waals surface area contributed by atoms with E-state index < -0.39 is 0 Å². The third-order valence-electron chi connectivity index (χ3n) is 5.21. The van der Waals surface area contributed by atoms with E-state index in [9.17, 15) is 9.59 Å². The number of carbonyl (C=O) groups excluding carboxylic acids is 2. The zero-order valence-electron chi connectivity index (χ0n) is 17.5. The first-order valence-corrected chi connectivity index (χ1v) is 10.5. The van der Waals surface area contributed by atoms with Crippen LogP contribution in [-0.2, 0) is 9.47 Å². The fourth-order valence-electron chi connectivity index (χ4n) is 3.76. The summed E-state index contributed by atoms with van der Waals surface area (Å²) in [7, 11) is 0. The summed E-state index contributed by atoms with van der Waals surface area (Å²) in [5.74, 6) is 0. The van der Waals surface area contributed by atoms with E-state index in [1.807, 2.05) is 32.6 Å². The zero-order valence-corrected chi connectivity index (χ0v) is 17.5. The maximum atomic E-state index is 12.6. The number of amides is 2. The number of carbonyl (C=O) groups is 2. The molecule has 0 bridgehead atoms. The first-order chi connectivity index (χ1) is 12.9. The minimum Gasteiger partial charge on any atom is -0.447 e. The van der Waals surface area contributed by atoms with Gasteiger partial charge in [-0.3, -0.25) is 4.90 Å². The van der Waals surface area contributed by atoms with Crippen LogP contribution in [0.2, 0.25) is 0 Å². The maximum Gasteiger partial charge on any atom is 0.410 e. The molecule has 0 atom stereocenters. The van der Waals surface area contributed by atoms with E-state index >= 15 is 0 Å². The number of piperazine rings is 1. The van der Waals surface area contributed by atoms with Crippen molar-refractivity contribution in [2.45, 2.75) is 78.0 Å². The van der Waals surface area contributed by atoms with E-state index in [1.165, 1.54) is 19.3 Å². The van der Waals surface area contributed by atoms with Crippen LogP contribution in [0.1, 0.15) is 59.8 Å². The molecule has 2 amide bonds. The summed E-state index contributed by atoms with van der Waals surface area (Å²) in [6.45, 7) is 12.0. The minimum atomic E-state index is -0.228. The fraction of sp³-hybridized carbons (Fsp3) is 0.900. The van der Waals surface area contributed by atoms with Crippen molar-refractivity contribution in [3.8, 4) is 0 Å². The number of rotatable bonds is 6. The Hall–Kier alpha value is -1.50. The molecule has 0 aromatic heterocycles. The summed E-state index contributed by atoms with van der Waals surface area (Å²) in [6.07, 6.45) is 5.18. The first kappa shape index (κ1) is 21.8. The highest BCUT2D eigenvalue weighted by Crippen LogP contribution is 2.23. The molecule has 0 aromatic carbocycles. The Morgan fingerprint density at radius 3 is 2.07 bits per heavy atom. The van der Waals surface area contributed by atoms with Gasteiger partial charge in [0.2, 0.25) is 0 Å². The topological polar surface area (TPSA) is 62.3 Å². The molecule has 7 nitrogen and oxygen atoms in total. The predicted octanol–water partition coefficient (Wildman–Crippen LogP) is 3.33. The van der Waals surface area contributed by atoms with E-state index in [0.717, 1.165) is 32.5 Å². The van der Waals surface area contributed by atoms with Gasteiger partial charge in [0.05, 0.1) is 12.2 Å². The van der Waals surface area contributed by atoms with Crippen molar-refractivity contribution in [3.05, 3.63) is 0 Å². The molecule has 7 heteroatoms.